The number of esters is 1. The SMILES string of the molecule is COC(=O)c1ccc(NC2CCCN(C3CCCCC3)C2)nn1. The van der Waals surface area contributed by atoms with Crippen LogP contribution in [0.4, 0.5) is 5.82 Å². The largest absolute Gasteiger partial charge is 0.464 e. The Hall–Kier alpha value is -1.69. The molecule has 126 valence electrons. The highest BCUT2D eigenvalue weighted by molar-refractivity contribution is 5.86. The van der Waals surface area contributed by atoms with Gasteiger partial charge in [-0.25, -0.2) is 4.79 Å². The van der Waals surface area contributed by atoms with Gasteiger partial charge in [0.05, 0.1) is 7.11 Å². The molecular weight excluding hydrogens is 292 g/mol. The Morgan fingerprint density at radius 1 is 1.17 bits per heavy atom. The van der Waals surface area contributed by atoms with Gasteiger partial charge in [-0.05, 0) is 44.4 Å². The first-order valence-electron chi connectivity index (χ1n) is 8.69. The molecule has 2 aliphatic rings. The summed E-state index contributed by atoms with van der Waals surface area (Å²) in [5.41, 5.74) is 0.241. The fourth-order valence-corrected chi connectivity index (χ4v) is 3.73. The standard InChI is InChI=1S/C17H26N4O2/c1-23-17(22)15-9-10-16(20-19-15)18-13-6-5-11-21(12-13)14-7-3-2-4-8-14/h9-10,13-14H,2-8,11-12H2,1H3,(H,18,20). The molecule has 2 fully saturated rings. The van der Waals surface area contributed by atoms with Gasteiger partial charge in [0.15, 0.2) is 5.69 Å². The lowest BCUT2D eigenvalue weighted by atomic mass is 9.92. The van der Waals surface area contributed by atoms with Crippen molar-refractivity contribution in [2.24, 2.45) is 0 Å². The Labute approximate surface area is 137 Å². The molecule has 0 spiro atoms. The number of hydrogen-bond donors (Lipinski definition) is 1. The third kappa shape index (κ3) is 4.19. The number of ether oxygens (including phenoxy) is 1. The van der Waals surface area contributed by atoms with E-state index >= 15 is 0 Å². The molecule has 1 aliphatic heterocycles. The van der Waals surface area contributed by atoms with Gasteiger partial charge in [0.2, 0.25) is 0 Å². The van der Waals surface area contributed by atoms with Gasteiger partial charge in [-0.1, -0.05) is 19.3 Å². The number of rotatable bonds is 4. The van der Waals surface area contributed by atoms with Crippen LogP contribution in [0.1, 0.15) is 55.4 Å². The lowest BCUT2D eigenvalue weighted by Crippen LogP contribution is -2.47. The highest BCUT2D eigenvalue weighted by Crippen LogP contribution is 2.26. The lowest BCUT2D eigenvalue weighted by molar-refractivity contribution is 0.0592. The minimum Gasteiger partial charge on any atom is -0.464 e. The van der Waals surface area contributed by atoms with Crippen molar-refractivity contribution in [2.45, 2.75) is 57.0 Å². The van der Waals surface area contributed by atoms with E-state index in [2.05, 4.69) is 25.2 Å². The smallest absolute Gasteiger partial charge is 0.358 e. The van der Waals surface area contributed by atoms with E-state index in [4.69, 9.17) is 0 Å². The topological polar surface area (TPSA) is 67.3 Å². The van der Waals surface area contributed by atoms with Gasteiger partial charge in [0.25, 0.3) is 0 Å². The molecule has 1 N–H and O–H groups in total. The summed E-state index contributed by atoms with van der Waals surface area (Å²) in [6.45, 7) is 2.29. The molecule has 6 heteroatoms. The second kappa shape index (κ2) is 7.73. The Bertz CT molecular complexity index is 514. The lowest BCUT2D eigenvalue weighted by Gasteiger charge is -2.40. The Morgan fingerprint density at radius 3 is 2.70 bits per heavy atom. The van der Waals surface area contributed by atoms with Crippen LogP contribution in [0.2, 0.25) is 0 Å². The quantitative estimate of drug-likeness (QED) is 0.860. The van der Waals surface area contributed by atoms with E-state index in [1.807, 2.05) is 0 Å². The number of carbonyl (C=O) groups is 1. The maximum atomic E-state index is 11.4. The van der Waals surface area contributed by atoms with Crippen molar-refractivity contribution in [1.82, 2.24) is 15.1 Å². The summed E-state index contributed by atoms with van der Waals surface area (Å²) in [7, 11) is 1.35. The van der Waals surface area contributed by atoms with Crippen molar-refractivity contribution < 1.29 is 9.53 Å². The third-order valence-electron chi connectivity index (χ3n) is 4.95. The summed E-state index contributed by atoms with van der Waals surface area (Å²) < 4.78 is 4.64. The zero-order chi connectivity index (χ0) is 16.1. The van der Waals surface area contributed by atoms with Crippen LogP contribution >= 0.6 is 0 Å². The normalized spacial score (nSPS) is 23.4. The molecule has 0 radical (unpaired) electrons. The van der Waals surface area contributed by atoms with Crippen molar-refractivity contribution in [1.29, 1.82) is 0 Å². The second-order valence-corrected chi connectivity index (χ2v) is 6.57. The summed E-state index contributed by atoms with van der Waals surface area (Å²) in [5.74, 6) is 0.276. The van der Waals surface area contributed by atoms with Crippen LogP contribution in [-0.4, -0.2) is 53.3 Å². The zero-order valence-electron chi connectivity index (χ0n) is 13.8. The molecule has 0 amide bonds. The van der Waals surface area contributed by atoms with Crippen LogP contribution in [0.5, 0.6) is 0 Å². The number of methoxy groups -OCH3 is 1. The zero-order valence-corrected chi connectivity index (χ0v) is 13.8. The summed E-state index contributed by atoms with van der Waals surface area (Å²) in [6, 6.07) is 4.63. The van der Waals surface area contributed by atoms with Gasteiger partial charge in [-0.15, -0.1) is 10.2 Å². The van der Waals surface area contributed by atoms with Crippen LogP contribution in [0.15, 0.2) is 12.1 Å². The number of hydrogen-bond acceptors (Lipinski definition) is 6. The summed E-state index contributed by atoms with van der Waals surface area (Å²) in [6.07, 6.45) is 9.22. The minimum absolute atomic E-state index is 0.241. The number of nitrogens with zero attached hydrogens (tertiary/aromatic N) is 3. The highest BCUT2D eigenvalue weighted by Gasteiger charge is 2.27. The number of likely N-dealkylation sites (tertiary alicyclic amines) is 1. The first kappa shape index (κ1) is 16.2. The first-order chi connectivity index (χ1) is 11.3. The second-order valence-electron chi connectivity index (χ2n) is 6.57. The molecule has 2 heterocycles. The van der Waals surface area contributed by atoms with Crippen LogP contribution < -0.4 is 5.32 Å². The molecule has 3 rings (SSSR count). The average molecular weight is 318 g/mol. The van der Waals surface area contributed by atoms with Gasteiger partial charge in [-0.3, -0.25) is 4.90 Å². The Balaban J connectivity index is 1.55. The fraction of sp³-hybridized carbons (Fsp3) is 0.706. The van der Waals surface area contributed by atoms with Crippen molar-refractivity contribution in [2.75, 3.05) is 25.5 Å². The van der Waals surface area contributed by atoms with Gasteiger partial charge in [0.1, 0.15) is 5.82 Å². The third-order valence-corrected chi connectivity index (χ3v) is 4.95. The molecule has 1 atom stereocenters. The van der Waals surface area contributed by atoms with Crippen LogP contribution in [0.25, 0.3) is 0 Å². The minimum atomic E-state index is -0.454. The maximum absolute atomic E-state index is 11.4. The molecular formula is C17H26N4O2. The van der Waals surface area contributed by atoms with Gasteiger partial charge in [0, 0.05) is 18.6 Å². The molecule has 0 aromatic carbocycles. The van der Waals surface area contributed by atoms with E-state index < -0.39 is 5.97 Å². The van der Waals surface area contributed by atoms with Gasteiger partial charge >= 0.3 is 5.97 Å². The van der Waals surface area contributed by atoms with Crippen molar-refractivity contribution in [3.63, 3.8) is 0 Å². The van der Waals surface area contributed by atoms with E-state index in [1.54, 1.807) is 12.1 Å². The molecule has 1 aromatic rings. The van der Waals surface area contributed by atoms with Crippen LogP contribution in [0.3, 0.4) is 0 Å². The van der Waals surface area contributed by atoms with Crippen molar-refractivity contribution in [3.8, 4) is 0 Å². The van der Waals surface area contributed by atoms with Crippen LogP contribution in [-0.2, 0) is 4.74 Å². The van der Waals surface area contributed by atoms with Crippen LogP contribution in [0, 0.1) is 0 Å². The number of carbonyl (C=O) groups excluding carboxylic acids is 1. The number of piperidine rings is 1. The summed E-state index contributed by atoms with van der Waals surface area (Å²) in [5, 5.41) is 11.5. The fourth-order valence-electron chi connectivity index (χ4n) is 3.73. The van der Waals surface area contributed by atoms with E-state index in [0.29, 0.717) is 6.04 Å². The number of nitrogens with one attached hydrogen (secondary N) is 1. The number of anilines is 1. The maximum Gasteiger partial charge on any atom is 0.358 e. The molecule has 0 bridgehead atoms. The monoisotopic (exact) mass is 318 g/mol. The predicted octanol–water partition coefficient (Wildman–Crippen LogP) is 2.47. The first-order valence-corrected chi connectivity index (χ1v) is 8.69. The molecule has 6 nitrogen and oxygen atoms in total. The average Bonchev–Trinajstić information content (AvgIpc) is 2.63. The van der Waals surface area contributed by atoms with E-state index in [0.717, 1.165) is 24.8 Å². The molecule has 1 aliphatic carbocycles. The van der Waals surface area contributed by atoms with Gasteiger partial charge < -0.3 is 10.1 Å². The Kier molecular flexibility index (Phi) is 5.43. The van der Waals surface area contributed by atoms with Gasteiger partial charge in [-0.2, -0.15) is 0 Å². The summed E-state index contributed by atoms with van der Waals surface area (Å²) >= 11 is 0. The van der Waals surface area contributed by atoms with Crippen molar-refractivity contribution in [3.05, 3.63) is 17.8 Å². The Morgan fingerprint density at radius 2 is 2.00 bits per heavy atom. The molecule has 1 aromatic heterocycles. The summed E-state index contributed by atoms with van der Waals surface area (Å²) in [4.78, 5) is 14.0. The predicted molar refractivity (Wildman–Crippen MR) is 88.5 cm³/mol. The number of aromatic nitrogens is 2. The van der Waals surface area contributed by atoms with E-state index in [9.17, 15) is 4.79 Å². The molecule has 1 unspecified atom stereocenters. The van der Waals surface area contributed by atoms with E-state index in [1.165, 1.54) is 52.2 Å². The molecule has 1 saturated carbocycles. The molecule has 23 heavy (non-hydrogen) atoms. The van der Waals surface area contributed by atoms with Crippen molar-refractivity contribution >= 4 is 11.8 Å². The highest BCUT2D eigenvalue weighted by atomic mass is 16.5. The van der Waals surface area contributed by atoms with E-state index in [-0.39, 0.29) is 5.69 Å². The molecule has 1 saturated heterocycles.